The number of hydrogen-bond acceptors (Lipinski definition) is 0. The molecule has 0 N–H and O–H groups in total. The van der Waals surface area contributed by atoms with Gasteiger partial charge in [-0.2, -0.15) is 0 Å². The van der Waals surface area contributed by atoms with Crippen molar-refractivity contribution in [3.8, 4) is 0 Å². The summed E-state index contributed by atoms with van der Waals surface area (Å²) in [5.41, 5.74) is 0. The molecule has 5 heteroatoms. The van der Waals surface area contributed by atoms with Gasteiger partial charge in [-0.05, 0) is 0 Å². The van der Waals surface area contributed by atoms with E-state index in [0.717, 1.165) is 0 Å². The van der Waals surface area contributed by atoms with Crippen molar-refractivity contribution in [2.24, 2.45) is 0 Å². The Bertz CT molecular complexity index is 19.1. The van der Waals surface area contributed by atoms with Crippen LogP contribution in [0, 0.1) is 0 Å². The number of hydrogen-bond donors (Lipinski definition) is 0. The molecule has 0 aromatic carbocycles. The fourth-order valence-electron chi connectivity index (χ4n) is 0. The van der Waals surface area contributed by atoms with Gasteiger partial charge in [0.25, 0.3) is 0 Å². The molecular weight excluding hydrogens is 515 g/mol. The second-order valence-electron chi connectivity index (χ2n) is 0.271. The summed E-state index contributed by atoms with van der Waals surface area (Å²) >= 11 is 13.2. The van der Waals surface area contributed by atoms with Crippen LogP contribution in [0.15, 0.2) is 0 Å². The fourth-order valence-corrected chi connectivity index (χ4v) is 0. The van der Waals surface area contributed by atoms with E-state index < -0.39 is 7.84 Å². The zero-order valence-electron chi connectivity index (χ0n) is 1.83. The quantitative estimate of drug-likeness (QED) is 0.465. The van der Waals surface area contributed by atoms with E-state index in [-0.39, 0.29) is 0 Å². The minimum atomic E-state index is -1.69. The molecule has 38 valence electrons. The first-order valence-corrected chi connectivity index (χ1v) is 20.3. The summed E-state index contributed by atoms with van der Waals surface area (Å²) in [6, 6.07) is 0. The second-order valence-corrected chi connectivity index (χ2v) is 59.9. The Balaban J connectivity index is 3.02. The van der Waals surface area contributed by atoms with Gasteiger partial charge in [0.1, 0.15) is 0 Å². The van der Waals surface area contributed by atoms with Crippen LogP contribution in [0.5, 0.6) is 0 Å². The molecule has 0 bridgehead atoms. The van der Waals surface area contributed by atoms with Gasteiger partial charge < -0.3 is 0 Å². The molecule has 5 heavy (non-hydrogen) atoms. The standard InChI is InChI=1S/4BrH.Pt/h4*1H;/q;;;;+4/p-4. The molecule has 0 fully saturated rings. The molecule has 0 heterocycles. The molecule has 0 atom stereocenters. The number of halogens is 4. The van der Waals surface area contributed by atoms with Crippen molar-refractivity contribution in [1.82, 2.24) is 0 Å². The van der Waals surface area contributed by atoms with Crippen molar-refractivity contribution in [3.63, 3.8) is 0 Å². The topological polar surface area (TPSA) is 0 Å². The monoisotopic (exact) mass is 511 g/mol. The van der Waals surface area contributed by atoms with Crippen molar-refractivity contribution in [2.75, 3.05) is 0 Å². The zero-order valence-corrected chi connectivity index (χ0v) is 10.4. The molecule has 0 unspecified atom stereocenters. The molecule has 0 saturated heterocycles. The van der Waals surface area contributed by atoms with Gasteiger partial charge in [0.05, 0.1) is 0 Å². The molecule has 0 saturated carbocycles. The normalized spacial score (nSPS) is 15.2. The molecule has 0 nitrogen and oxygen atoms in total. The molecule has 0 aliphatic heterocycles. The molecular formula is Br4Pt. The van der Waals surface area contributed by atoms with Gasteiger partial charge in [-0.3, -0.25) is 0 Å². The van der Waals surface area contributed by atoms with E-state index in [9.17, 15) is 0 Å². The van der Waals surface area contributed by atoms with Crippen LogP contribution < -0.4 is 0 Å². The molecule has 0 aromatic rings. The summed E-state index contributed by atoms with van der Waals surface area (Å²) in [6.07, 6.45) is 0. The molecule has 0 aliphatic carbocycles. The van der Waals surface area contributed by atoms with Crippen molar-refractivity contribution in [2.45, 2.75) is 0 Å². The maximum atomic E-state index is 3.31. The predicted molar refractivity (Wildman–Crippen MR) is 35.7 cm³/mol. The molecule has 0 radical (unpaired) electrons. The predicted octanol–water partition coefficient (Wildman–Crippen LogP) is 3.38. The summed E-state index contributed by atoms with van der Waals surface area (Å²) in [4.78, 5) is 0. The third-order valence-electron chi connectivity index (χ3n) is 0. The Labute approximate surface area is 59.8 Å². The molecule has 0 aliphatic rings. The fraction of sp³-hybridized carbons (Fsp3) is 0. The maximum absolute atomic E-state index is 3.31. The van der Waals surface area contributed by atoms with Crippen LogP contribution in [-0.2, 0) is 7.84 Å². The molecule has 0 rings (SSSR count). The van der Waals surface area contributed by atoms with Crippen LogP contribution in [-0.4, -0.2) is 0 Å². The van der Waals surface area contributed by atoms with Crippen LogP contribution in [0.25, 0.3) is 0 Å². The van der Waals surface area contributed by atoms with Crippen LogP contribution in [0.1, 0.15) is 0 Å². The summed E-state index contributed by atoms with van der Waals surface area (Å²) in [5.74, 6) is 0. The Hall–Kier alpha value is 2.61. The van der Waals surface area contributed by atoms with E-state index in [1.165, 1.54) is 0 Å². The van der Waals surface area contributed by atoms with Crippen molar-refractivity contribution < 1.29 is 7.84 Å². The summed E-state index contributed by atoms with van der Waals surface area (Å²) in [6.45, 7) is 0. The van der Waals surface area contributed by atoms with Crippen LogP contribution in [0.3, 0.4) is 0 Å². The van der Waals surface area contributed by atoms with E-state index in [4.69, 9.17) is 0 Å². The first-order chi connectivity index (χ1) is 2.00. The summed E-state index contributed by atoms with van der Waals surface area (Å²) < 4.78 is 0. The number of rotatable bonds is 0. The third-order valence-corrected chi connectivity index (χ3v) is 0. The van der Waals surface area contributed by atoms with Gasteiger partial charge in [0, 0.05) is 0 Å². The zero-order chi connectivity index (χ0) is 4.50. The van der Waals surface area contributed by atoms with Gasteiger partial charge in [0.15, 0.2) is 0 Å². The second kappa shape index (κ2) is 2.80. The minimum absolute atomic E-state index is 1.69. The first kappa shape index (κ1) is 7.61. The van der Waals surface area contributed by atoms with Crippen LogP contribution in [0.2, 0.25) is 0 Å². The average molecular weight is 515 g/mol. The SMILES string of the molecule is [Br][Pt]([Br])([Br])[Br]. The Morgan fingerprint density at radius 3 is 0.800 bits per heavy atom. The Morgan fingerprint density at radius 2 is 0.800 bits per heavy atom. The van der Waals surface area contributed by atoms with Gasteiger partial charge in [0.2, 0.25) is 0 Å². The van der Waals surface area contributed by atoms with E-state index in [0.29, 0.717) is 0 Å². The van der Waals surface area contributed by atoms with Gasteiger partial charge >= 0.3 is 61.0 Å². The van der Waals surface area contributed by atoms with Gasteiger partial charge in [-0.15, -0.1) is 0 Å². The van der Waals surface area contributed by atoms with Crippen LogP contribution in [0.4, 0.5) is 0 Å². The summed E-state index contributed by atoms with van der Waals surface area (Å²) in [5, 5.41) is 0. The van der Waals surface area contributed by atoms with E-state index in [2.05, 4.69) is 53.2 Å². The van der Waals surface area contributed by atoms with Crippen molar-refractivity contribution in [3.05, 3.63) is 0 Å². The molecule has 0 aromatic heterocycles. The van der Waals surface area contributed by atoms with Gasteiger partial charge in [-0.1, -0.05) is 0 Å². The molecule has 0 spiro atoms. The summed E-state index contributed by atoms with van der Waals surface area (Å²) in [7, 11) is -1.69. The average Bonchev–Trinajstić information content (AvgIpc) is 0.722. The third kappa shape index (κ3) is 20.6. The van der Waals surface area contributed by atoms with Crippen molar-refractivity contribution >= 4 is 53.2 Å². The van der Waals surface area contributed by atoms with E-state index in [1.54, 1.807) is 0 Å². The van der Waals surface area contributed by atoms with Crippen molar-refractivity contribution in [1.29, 1.82) is 0 Å². The Morgan fingerprint density at radius 1 is 0.800 bits per heavy atom. The molecule has 0 amide bonds. The van der Waals surface area contributed by atoms with Crippen LogP contribution >= 0.6 is 53.2 Å². The van der Waals surface area contributed by atoms with E-state index in [1.807, 2.05) is 0 Å². The van der Waals surface area contributed by atoms with E-state index >= 15 is 0 Å². The van der Waals surface area contributed by atoms with Gasteiger partial charge in [-0.25, -0.2) is 0 Å². The first-order valence-electron chi connectivity index (χ1n) is 0.478. The Kier molecular flexibility index (Phi) is 4.27.